The van der Waals surface area contributed by atoms with E-state index in [1.807, 2.05) is 24.3 Å². The molecular weight excluding hydrogens is 346 g/mol. The van der Waals surface area contributed by atoms with Crippen LogP contribution in [0.2, 0.25) is 0 Å². The highest BCUT2D eigenvalue weighted by Crippen LogP contribution is 2.26. The van der Waals surface area contributed by atoms with Crippen molar-refractivity contribution >= 4 is 15.9 Å². The average molecular weight is 366 g/mol. The lowest BCUT2D eigenvalue weighted by Gasteiger charge is -2.26. The first kappa shape index (κ1) is 15.6. The number of hydrogen-bond donors (Lipinski definition) is 0. The van der Waals surface area contributed by atoms with Gasteiger partial charge in [-0.25, -0.2) is 0 Å². The summed E-state index contributed by atoms with van der Waals surface area (Å²) in [4.78, 5) is 2.17. The summed E-state index contributed by atoms with van der Waals surface area (Å²) in [6.45, 7) is 2.41. The Hall–Kier alpha value is -1.24. The van der Waals surface area contributed by atoms with Crippen LogP contribution in [0.5, 0.6) is 0 Å². The maximum atomic E-state index is 5.78. The SMILES string of the molecule is CN(Cc1nnc(-c2ccccc2Br)o1)CC1CCCCO1. The number of aromatic nitrogens is 2. The van der Waals surface area contributed by atoms with Gasteiger partial charge >= 0.3 is 0 Å². The maximum absolute atomic E-state index is 5.78. The second-order valence-corrected chi connectivity index (χ2v) is 6.52. The highest BCUT2D eigenvalue weighted by molar-refractivity contribution is 9.10. The number of benzene rings is 1. The van der Waals surface area contributed by atoms with Gasteiger partial charge in [-0.2, -0.15) is 0 Å². The van der Waals surface area contributed by atoms with Crippen LogP contribution in [0, 0.1) is 0 Å². The van der Waals surface area contributed by atoms with Gasteiger partial charge < -0.3 is 9.15 Å². The zero-order valence-electron chi connectivity index (χ0n) is 12.7. The molecule has 1 aromatic carbocycles. The van der Waals surface area contributed by atoms with Crippen LogP contribution in [0.25, 0.3) is 11.5 Å². The topological polar surface area (TPSA) is 51.4 Å². The molecule has 1 unspecified atom stereocenters. The van der Waals surface area contributed by atoms with Gasteiger partial charge in [-0.15, -0.1) is 10.2 Å². The summed E-state index contributed by atoms with van der Waals surface area (Å²) in [6, 6.07) is 7.84. The molecule has 6 heteroatoms. The van der Waals surface area contributed by atoms with Crippen LogP contribution in [-0.4, -0.2) is 41.4 Å². The summed E-state index contributed by atoms with van der Waals surface area (Å²) in [5.41, 5.74) is 0.916. The molecule has 1 aliphatic rings. The van der Waals surface area contributed by atoms with E-state index in [4.69, 9.17) is 9.15 Å². The molecule has 1 aromatic heterocycles. The molecule has 22 heavy (non-hydrogen) atoms. The van der Waals surface area contributed by atoms with Crippen molar-refractivity contribution in [2.75, 3.05) is 20.2 Å². The van der Waals surface area contributed by atoms with E-state index in [0.29, 0.717) is 24.4 Å². The van der Waals surface area contributed by atoms with Crippen LogP contribution in [-0.2, 0) is 11.3 Å². The lowest BCUT2D eigenvalue weighted by atomic mass is 10.1. The number of hydrogen-bond acceptors (Lipinski definition) is 5. The summed E-state index contributed by atoms with van der Waals surface area (Å²) in [7, 11) is 2.06. The van der Waals surface area contributed by atoms with Crippen LogP contribution in [0.4, 0.5) is 0 Å². The zero-order valence-corrected chi connectivity index (χ0v) is 14.3. The second-order valence-electron chi connectivity index (χ2n) is 5.67. The van der Waals surface area contributed by atoms with Crippen LogP contribution in [0.3, 0.4) is 0 Å². The summed E-state index contributed by atoms with van der Waals surface area (Å²) >= 11 is 3.50. The quantitative estimate of drug-likeness (QED) is 0.811. The Morgan fingerprint density at radius 1 is 1.27 bits per heavy atom. The number of halogens is 1. The molecule has 0 saturated carbocycles. The molecule has 0 N–H and O–H groups in total. The van der Waals surface area contributed by atoms with Gasteiger partial charge in [0.25, 0.3) is 0 Å². The minimum Gasteiger partial charge on any atom is -0.419 e. The van der Waals surface area contributed by atoms with E-state index in [1.165, 1.54) is 12.8 Å². The number of rotatable bonds is 5. The van der Waals surface area contributed by atoms with Gasteiger partial charge in [-0.3, -0.25) is 4.90 Å². The third kappa shape index (κ3) is 3.94. The minimum atomic E-state index is 0.324. The Morgan fingerprint density at radius 3 is 2.91 bits per heavy atom. The summed E-state index contributed by atoms with van der Waals surface area (Å²) < 4.78 is 12.5. The molecule has 0 aliphatic carbocycles. The Bertz CT molecular complexity index is 611. The first-order valence-electron chi connectivity index (χ1n) is 7.60. The van der Waals surface area contributed by atoms with Gasteiger partial charge in [-0.05, 0) is 54.4 Å². The second kappa shape index (κ2) is 7.35. The van der Waals surface area contributed by atoms with Crippen molar-refractivity contribution in [3.63, 3.8) is 0 Å². The monoisotopic (exact) mass is 365 g/mol. The fraction of sp³-hybridized carbons (Fsp3) is 0.500. The van der Waals surface area contributed by atoms with Crippen molar-refractivity contribution in [2.45, 2.75) is 31.9 Å². The molecule has 3 rings (SSSR count). The normalized spacial score (nSPS) is 18.8. The first-order valence-corrected chi connectivity index (χ1v) is 8.39. The standard InChI is InChI=1S/C16H20BrN3O2/c1-20(10-12-6-4-5-9-21-12)11-15-18-19-16(22-15)13-7-2-3-8-14(13)17/h2-3,7-8,12H,4-6,9-11H2,1H3. The van der Waals surface area contributed by atoms with Gasteiger partial charge in [0.2, 0.25) is 11.8 Å². The van der Waals surface area contributed by atoms with E-state index in [9.17, 15) is 0 Å². The molecule has 1 aliphatic heterocycles. The fourth-order valence-electron chi connectivity index (χ4n) is 2.66. The van der Waals surface area contributed by atoms with Crippen molar-refractivity contribution in [2.24, 2.45) is 0 Å². The first-order chi connectivity index (χ1) is 10.7. The molecule has 2 aromatic rings. The van der Waals surface area contributed by atoms with Crippen LogP contribution in [0.1, 0.15) is 25.2 Å². The molecule has 1 atom stereocenters. The molecule has 2 heterocycles. The van der Waals surface area contributed by atoms with E-state index in [0.717, 1.165) is 29.6 Å². The highest BCUT2D eigenvalue weighted by Gasteiger charge is 2.18. The molecular formula is C16H20BrN3O2. The largest absolute Gasteiger partial charge is 0.419 e. The van der Waals surface area contributed by atoms with Crippen LogP contribution < -0.4 is 0 Å². The lowest BCUT2D eigenvalue weighted by Crippen LogP contribution is -2.33. The molecule has 0 radical (unpaired) electrons. The zero-order chi connectivity index (χ0) is 15.4. The predicted octanol–water partition coefficient (Wildman–Crippen LogP) is 3.50. The van der Waals surface area contributed by atoms with E-state index >= 15 is 0 Å². The van der Waals surface area contributed by atoms with Crippen molar-refractivity contribution < 1.29 is 9.15 Å². The maximum Gasteiger partial charge on any atom is 0.248 e. The Balaban J connectivity index is 1.60. The fourth-order valence-corrected chi connectivity index (χ4v) is 3.11. The lowest BCUT2D eigenvalue weighted by molar-refractivity contribution is -0.00358. The van der Waals surface area contributed by atoms with Crippen LogP contribution >= 0.6 is 15.9 Å². The Morgan fingerprint density at radius 2 is 2.14 bits per heavy atom. The van der Waals surface area contributed by atoms with Gasteiger partial charge in [0.15, 0.2) is 0 Å². The molecule has 0 spiro atoms. The molecule has 1 fully saturated rings. The van der Waals surface area contributed by atoms with E-state index in [1.54, 1.807) is 0 Å². The third-order valence-electron chi connectivity index (χ3n) is 3.77. The third-order valence-corrected chi connectivity index (χ3v) is 4.46. The van der Waals surface area contributed by atoms with Crippen molar-refractivity contribution in [3.05, 3.63) is 34.6 Å². The summed E-state index contributed by atoms with van der Waals surface area (Å²) in [6.07, 6.45) is 3.89. The number of nitrogens with zero attached hydrogens (tertiary/aromatic N) is 3. The van der Waals surface area contributed by atoms with E-state index < -0.39 is 0 Å². The Kier molecular flexibility index (Phi) is 5.23. The predicted molar refractivity (Wildman–Crippen MR) is 87.4 cm³/mol. The minimum absolute atomic E-state index is 0.324. The van der Waals surface area contributed by atoms with Crippen molar-refractivity contribution in [1.29, 1.82) is 0 Å². The number of likely N-dealkylation sites (N-methyl/N-ethyl adjacent to an activating group) is 1. The average Bonchev–Trinajstić information content (AvgIpc) is 2.97. The van der Waals surface area contributed by atoms with E-state index in [2.05, 4.69) is 38.1 Å². The highest BCUT2D eigenvalue weighted by atomic mass is 79.9. The van der Waals surface area contributed by atoms with Crippen molar-refractivity contribution in [1.82, 2.24) is 15.1 Å². The molecule has 0 amide bonds. The molecule has 1 saturated heterocycles. The van der Waals surface area contributed by atoms with Gasteiger partial charge in [-0.1, -0.05) is 12.1 Å². The molecule has 118 valence electrons. The van der Waals surface area contributed by atoms with Gasteiger partial charge in [0.05, 0.1) is 18.2 Å². The summed E-state index contributed by atoms with van der Waals surface area (Å²) in [5, 5.41) is 8.29. The van der Waals surface area contributed by atoms with Crippen LogP contribution in [0.15, 0.2) is 33.2 Å². The number of ether oxygens (including phenoxy) is 1. The van der Waals surface area contributed by atoms with E-state index in [-0.39, 0.29) is 0 Å². The van der Waals surface area contributed by atoms with Gasteiger partial charge in [0, 0.05) is 17.6 Å². The van der Waals surface area contributed by atoms with Gasteiger partial charge in [0.1, 0.15) is 0 Å². The summed E-state index contributed by atoms with van der Waals surface area (Å²) in [5.74, 6) is 1.17. The Labute approximate surface area is 138 Å². The molecule has 5 nitrogen and oxygen atoms in total. The molecule has 0 bridgehead atoms. The smallest absolute Gasteiger partial charge is 0.248 e. The van der Waals surface area contributed by atoms with Crippen molar-refractivity contribution in [3.8, 4) is 11.5 Å².